The molecule has 0 spiro atoms. The van der Waals surface area contributed by atoms with Crippen molar-refractivity contribution in [1.82, 2.24) is 9.97 Å². The van der Waals surface area contributed by atoms with Crippen molar-refractivity contribution < 1.29 is 13.9 Å². The minimum atomic E-state index is -0.448. The Kier molecular flexibility index (Phi) is 3.47. The smallest absolute Gasteiger partial charge is 0.240 e. The van der Waals surface area contributed by atoms with Crippen molar-refractivity contribution in [3.05, 3.63) is 35.5 Å². The predicted octanol–water partition coefficient (Wildman–Crippen LogP) is 1.44. The van der Waals surface area contributed by atoms with Crippen LogP contribution in [0.25, 0.3) is 0 Å². The van der Waals surface area contributed by atoms with Crippen LogP contribution in [0.2, 0.25) is 0 Å². The molecule has 2 rings (SSSR count). The first kappa shape index (κ1) is 12.4. The molecule has 2 aromatic rings. The van der Waals surface area contributed by atoms with Crippen molar-refractivity contribution in [2.75, 3.05) is 14.2 Å². The van der Waals surface area contributed by atoms with Crippen LogP contribution in [0, 0.1) is 6.92 Å². The third-order valence-electron chi connectivity index (χ3n) is 2.55. The van der Waals surface area contributed by atoms with Gasteiger partial charge in [-0.1, -0.05) is 0 Å². The second-order valence-corrected chi connectivity index (χ2v) is 3.78. The first-order chi connectivity index (χ1) is 8.65. The standard InChI is InChI=1S/C12H15N3O3/c1-7-4-8(6-18-7)10(13)11-12(17-3)15-9(16-2)5-14-11/h4-6,10H,13H2,1-3H3. The molecule has 1 atom stereocenters. The summed E-state index contributed by atoms with van der Waals surface area (Å²) in [6.07, 6.45) is 3.11. The molecule has 96 valence electrons. The fourth-order valence-electron chi connectivity index (χ4n) is 1.61. The van der Waals surface area contributed by atoms with Crippen molar-refractivity contribution >= 4 is 0 Å². The highest BCUT2D eigenvalue weighted by Crippen LogP contribution is 2.27. The molecule has 1 unspecified atom stereocenters. The molecule has 0 aliphatic heterocycles. The van der Waals surface area contributed by atoms with Gasteiger partial charge < -0.3 is 19.6 Å². The maximum atomic E-state index is 6.11. The molecule has 6 heteroatoms. The third-order valence-corrected chi connectivity index (χ3v) is 2.55. The Morgan fingerprint density at radius 2 is 2.11 bits per heavy atom. The molecule has 2 N–H and O–H groups in total. The van der Waals surface area contributed by atoms with Crippen LogP contribution in [-0.4, -0.2) is 24.2 Å². The van der Waals surface area contributed by atoms with Crippen molar-refractivity contribution in [1.29, 1.82) is 0 Å². The molecule has 0 saturated carbocycles. The monoisotopic (exact) mass is 249 g/mol. The molecule has 0 bridgehead atoms. The van der Waals surface area contributed by atoms with Crippen molar-refractivity contribution in [3.63, 3.8) is 0 Å². The molecule has 2 aromatic heterocycles. The summed E-state index contributed by atoms with van der Waals surface area (Å²) < 4.78 is 15.4. The first-order valence-electron chi connectivity index (χ1n) is 5.41. The summed E-state index contributed by atoms with van der Waals surface area (Å²) in [7, 11) is 3.03. The lowest BCUT2D eigenvalue weighted by molar-refractivity contribution is 0.355. The minimum Gasteiger partial charge on any atom is -0.480 e. The van der Waals surface area contributed by atoms with Gasteiger partial charge in [0.25, 0.3) is 0 Å². The van der Waals surface area contributed by atoms with Gasteiger partial charge in [0, 0.05) is 5.56 Å². The second kappa shape index (κ2) is 5.05. The number of nitrogens with two attached hydrogens (primary N) is 1. The van der Waals surface area contributed by atoms with Gasteiger partial charge in [-0.15, -0.1) is 0 Å². The van der Waals surface area contributed by atoms with E-state index in [0.29, 0.717) is 17.5 Å². The molecule has 0 saturated heterocycles. The zero-order valence-corrected chi connectivity index (χ0v) is 10.5. The molecule has 6 nitrogen and oxygen atoms in total. The zero-order valence-electron chi connectivity index (χ0n) is 10.5. The molecular formula is C12H15N3O3. The number of hydrogen-bond acceptors (Lipinski definition) is 6. The molecule has 18 heavy (non-hydrogen) atoms. The van der Waals surface area contributed by atoms with E-state index >= 15 is 0 Å². The topological polar surface area (TPSA) is 83.4 Å². The Bertz CT molecular complexity index is 539. The van der Waals surface area contributed by atoms with E-state index in [2.05, 4.69) is 9.97 Å². The van der Waals surface area contributed by atoms with Gasteiger partial charge in [-0.2, -0.15) is 4.98 Å². The number of furan rings is 1. The molecule has 0 fully saturated rings. The van der Waals surface area contributed by atoms with Crippen LogP contribution in [0.1, 0.15) is 23.1 Å². The highest BCUT2D eigenvalue weighted by molar-refractivity contribution is 5.33. The van der Waals surface area contributed by atoms with Gasteiger partial charge >= 0.3 is 0 Å². The summed E-state index contributed by atoms with van der Waals surface area (Å²) >= 11 is 0. The minimum absolute atomic E-state index is 0.348. The normalized spacial score (nSPS) is 12.2. The Labute approximate surface area is 105 Å². The van der Waals surface area contributed by atoms with E-state index in [1.165, 1.54) is 20.4 Å². The van der Waals surface area contributed by atoms with E-state index in [4.69, 9.17) is 19.6 Å². The van der Waals surface area contributed by atoms with Crippen LogP contribution in [0.5, 0.6) is 11.8 Å². The quantitative estimate of drug-likeness (QED) is 0.882. The Morgan fingerprint density at radius 1 is 1.33 bits per heavy atom. The van der Waals surface area contributed by atoms with Crippen LogP contribution in [-0.2, 0) is 0 Å². The third kappa shape index (κ3) is 2.28. The summed E-state index contributed by atoms with van der Waals surface area (Å²) in [5.74, 6) is 1.52. The highest BCUT2D eigenvalue weighted by atomic mass is 16.5. The van der Waals surface area contributed by atoms with Crippen molar-refractivity contribution in [2.24, 2.45) is 5.73 Å². The van der Waals surface area contributed by atoms with E-state index in [0.717, 1.165) is 11.3 Å². The molecule has 2 heterocycles. The lowest BCUT2D eigenvalue weighted by Gasteiger charge is -2.12. The zero-order chi connectivity index (χ0) is 13.1. The van der Waals surface area contributed by atoms with Crippen LogP contribution < -0.4 is 15.2 Å². The maximum absolute atomic E-state index is 6.11. The predicted molar refractivity (Wildman–Crippen MR) is 64.6 cm³/mol. The maximum Gasteiger partial charge on any atom is 0.240 e. The van der Waals surface area contributed by atoms with Gasteiger partial charge in [0.05, 0.1) is 32.7 Å². The fraction of sp³-hybridized carbons (Fsp3) is 0.333. The molecule has 0 aliphatic rings. The van der Waals surface area contributed by atoms with Crippen LogP contribution in [0.3, 0.4) is 0 Å². The van der Waals surface area contributed by atoms with E-state index in [1.807, 2.05) is 13.0 Å². The van der Waals surface area contributed by atoms with Gasteiger partial charge in [-0.3, -0.25) is 0 Å². The number of methoxy groups -OCH3 is 2. The number of aryl methyl sites for hydroxylation is 1. The first-order valence-corrected chi connectivity index (χ1v) is 5.41. The van der Waals surface area contributed by atoms with Gasteiger partial charge in [0.15, 0.2) is 0 Å². The Balaban J connectivity index is 2.38. The number of hydrogen-bond donors (Lipinski definition) is 1. The van der Waals surface area contributed by atoms with Crippen LogP contribution in [0.4, 0.5) is 0 Å². The SMILES string of the molecule is COc1cnc(C(N)c2coc(C)c2)c(OC)n1. The number of ether oxygens (including phenoxy) is 2. The number of rotatable bonds is 4. The largest absolute Gasteiger partial charge is 0.480 e. The summed E-state index contributed by atoms with van der Waals surface area (Å²) in [4.78, 5) is 8.37. The van der Waals surface area contributed by atoms with Crippen LogP contribution >= 0.6 is 0 Å². The molecule has 0 radical (unpaired) electrons. The summed E-state index contributed by atoms with van der Waals surface area (Å²) in [5.41, 5.74) is 7.48. The summed E-state index contributed by atoms with van der Waals surface area (Å²) in [6, 6.07) is 1.41. The van der Waals surface area contributed by atoms with E-state index in [-0.39, 0.29) is 0 Å². The van der Waals surface area contributed by atoms with Gasteiger partial charge in [0.2, 0.25) is 11.8 Å². The van der Waals surface area contributed by atoms with Gasteiger partial charge in [-0.25, -0.2) is 4.98 Å². The number of nitrogens with zero attached hydrogens (tertiary/aromatic N) is 2. The Morgan fingerprint density at radius 3 is 2.67 bits per heavy atom. The number of aromatic nitrogens is 2. The average Bonchev–Trinajstić information content (AvgIpc) is 2.83. The highest BCUT2D eigenvalue weighted by Gasteiger charge is 2.19. The molecule has 0 aliphatic carbocycles. The van der Waals surface area contributed by atoms with Gasteiger partial charge in [-0.05, 0) is 13.0 Å². The lowest BCUT2D eigenvalue weighted by Crippen LogP contribution is -2.15. The molecular weight excluding hydrogens is 234 g/mol. The molecule has 0 amide bonds. The van der Waals surface area contributed by atoms with Crippen molar-refractivity contribution in [2.45, 2.75) is 13.0 Å². The Hall–Kier alpha value is -2.08. The van der Waals surface area contributed by atoms with E-state index < -0.39 is 6.04 Å². The fourth-order valence-corrected chi connectivity index (χ4v) is 1.61. The second-order valence-electron chi connectivity index (χ2n) is 3.78. The van der Waals surface area contributed by atoms with Crippen LogP contribution in [0.15, 0.2) is 22.9 Å². The molecule has 0 aromatic carbocycles. The summed E-state index contributed by atoms with van der Waals surface area (Å²) in [5, 5.41) is 0. The average molecular weight is 249 g/mol. The van der Waals surface area contributed by atoms with Gasteiger partial charge in [0.1, 0.15) is 11.5 Å². The van der Waals surface area contributed by atoms with E-state index in [1.54, 1.807) is 6.26 Å². The van der Waals surface area contributed by atoms with E-state index in [9.17, 15) is 0 Å². The lowest BCUT2D eigenvalue weighted by atomic mass is 10.1. The van der Waals surface area contributed by atoms with Crippen molar-refractivity contribution in [3.8, 4) is 11.8 Å². The summed E-state index contributed by atoms with van der Waals surface area (Å²) in [6.45, 7) is 1.85.